The predicted molar refractivity (Wildman–Crippen MR) is 140 cm³/mol. The molecular weight excluding hydrogens is 455 g/mol. The average molecular weight is 507 g/mol. The first-order chi connectivity index (χ1) is 16.8. The van der Waals surface area contributed by atoms with E-state index in [4.69, 9.17) is 9.47 Å². The molecule has 10 atom stereocenters. The number of rotatable bonds is 7. The van der Waals surface area contributed by atoms with E-state index in [9.17, 15) is 9.59 Å². The van der Waals surface area contributed by atoms with Crippen molar-refractivity contribution in [1.29, 1.82) is 0 Å². The van der Waals surface area contributed by atoms with Gasteiger partial charge in [-0.05, 0) is 85.9 Å². The summed E-state index contributed by atoms with van der Waals surface area (Å²) in [5.74, 6) is 2.69. The van der Waals surface area contributed by atoms with E-state index in [1.165, 1.54) is 52.4 Å². The van der Waals surface area contributed by atoms with Gasteiger partial charge in [-0.25, -0.2) is 4.39 Å². The van der Waals surface area contributed by atoms with Crippen LogP contribution in [-0.2, 0) is 19.1 Å². The van der Waals surface area contributed by atoms with Gasteiger partial charge in [-0.1, -0.05) is 53.9 Å². The molecule has 36 heavy (non-hydrogen) atoms. The molecule has 0 aromatic carbocycles. The van der Waals surface area contributed by atoms with Crippen molar-refractivity contribution < 1.29 is 23.5 Å². The second kappa shape index (κ2) is 10.2. The maximum absolute atomic E-state index is 17.3. The number of hydrogen-bond donors (Lipinski definition) is 0. The minimum atomic E-state index is -1.66. The number of carbonyl (C=O) groups is 2. The lowest BCUT2D eigenvalue weighted by Gasteiger charge is -2.64. The van der Waals surface area contributed by atoms with Crippen LogP contribution in [-0.4, -0.2) is 29.8 Å². The van der Waals surface area contributed by atoms with E-state index in [1.54, 1.807) is 0 Å². The summed E-state index contributed by atoms with van der Waals surface area (Å²) < 4.78 is 28.6. The number of ether oxygens (including phenoxy) is 2. The molecule has 0 N–H and O–H groups in total. The summed E-state index contributed by atoms with van der Waals surface area (Å²) in [7, 11) is 0. The molecule has 4 rings (SSSR count). The number of esters is 2. The van der Waals surface area contributed by atoms with Gasteiger partial charge in [0.15, 0.2) is 5.67 Å². The fraction of sp³-hybridized carbons (Fsp3) is 0.935. The Kier molecular flexibility index (Phi) is 7.91. The molecule has 0 aromatic heterocycles. The monoisotopic (exact) mass is 506 g/mol. The van der Waals surface area contributed by atoms with Crippen LogP contribution < -0.4 is 0 Å². The maximum Gasteiger partial charge on any atom is 0.303 e. The molecule has 4 nitrogen and oxygen atoms in total. The predicted octanol–water partition coefficient (Wildman–Crippen LogP) is 7.67. The first-order valence-electron chi connectivity index (χ1n) is 14.8. The summed E-state index contributed by atoms with van der Waals surface area (Å²) in [5, 5.41) is 0. The molecular formula is C31H51FO4. The van der Waals surface area contributed by atoms with Crippen molar-refractivity contribution in [2.24, 2.45) is 46.3 Å². The van der Waals surface area contributed by atoms with Gasteiger partial charge in [0.05, 0.1) is 0 Å². The van der Waals surface area contributed by atoms with Gasteiger partial charge in [-0.15, -0.1) is 0 Å². The topological polar surface area (TPSA) is 52.6 Å². The number of fused-ring (bicyclic) bond motifs is 5. The first-order valence-corrected chi connectivity index (χ1v) is 14.8. The Morgan fingerprint density at radius 1 is 0.917 bits per heavy atom. The van der Waals surface area contributed by atoms with Crippen molar-refractivity contribution in [2.45, 2.75) is 137 Å². The van der Waals surface area contributed by atoms with Crippen LogP contribution in [0.3, 0.4) is 0 Å². The van der Waals surface area contributed by atoms with Crippen LogP contribution in [0.25, 0.3) is 0 Å². The van der Waals surface area contributed by atoms with Crippen molar-refractivity contribution in [3.63, 3.8) is 0 Å². The maximum atomic E-state index is 17.3. The number of carbonyl (C=O) groups excluding carboxylic acids is 2. The molecule has 4 aliphatic rings. The van der Waals surface area contributed by atoms with Crippen molar-refractivity contribution >= 4 is 11.9 Å². The zero-order valence-corrected chi connectivity index (χ0v) is 23.9. The molecule has 4 aliphatic carbocycles. The largest absolute Gasteiger partial charge is 0.462 e. The number of alkyl halides is 1. The molecule has 5 heteroatoms. The third-order valence-electron chi connectivity index (χ3n) is 11.6. The van der Waals surface area contributed by atoms with E-state index in [1.807, 2.05) is 0 Å². The molecule has 206 valence electrons. The molecule has 0 bridgehead atoms. The second-order valence-corrected chi connectivity index (χ2v) is 14.0. The van der Waals surface area contributed by atoms with Crippen LogP contribution in [0.4, 0.5) is 4.39 Å². The van der Waals surface area contributed by atoms with E-state index in [-0.39, 0.29) is 12.4 Å². The zero-order chi connectivity index (χ0) is 26.5. The molecule has 0 spiro atoms. The normalized spacial score (nSPS) is 44.8. The SMILES string of the molecule is CC(=O)O[C@@H]1CC[C@]2(C)[C@@H]3CC[C@]4(C)[C@H](CC[C@@H]4[C@H](C)CCCC(C)C)[C@@H]3C[C@H](OC(C)=O)[C@@]2(F)C1. The highest BCUT2D eigenvalue weighted by atomic mass is 19.1. The van der Waals surface area contributed by atoms with Crippen molar-refractivity contribution in [1.82, 2.24) is 0 Å². The Morgan fingerprint density at radius 3 is 2.25 bits per heavy atom. The van der Waals surface area contributed by atoms with Crippen LogP contribution in [0.2, 0.25) is 0 Å². The third-order valence-corrected chi connectivity index (χ3v) is 11.6. The quantitative estimate of drug-likeness (QED) is 0.332. The van der Waals surface area contributed by atoms with E-state index in [0.717, 1.165) is 24.2 Å². The van der Waals surface area contributed by atoms with Crippen LogP contribution in [0.1, 0.15) is 119 Å². The fourth-order valence-corrected chi connectivity index (χ4v) is 9.87. The van der Waals surface area contributed by atoms with Crippen molar-refractivity contribution in [3.8, 4) is 0 Å². The lowest BCUT2D eigenvalue weighted by molar-refractivity contribution is -0.243. The molecule has 0 aromatic rings. The molecule has 4 saturated carbocycles. The Morgan fingerprint density at radius 2 is 1.61 bits per heavy atom. The van der Waals surface area contributed by atoms with Crippen LogP contribution in [0.5, 0.6) is 0 Å². The van der Waals surface area contributed by atoms with E-state index >= 15 is 4.39 Å². The summed E-state index contributed by atoms with van der Waals surface area (Å²) in [4.78, 5) is 23.8. The lowest BCUT2D eigenvalue weighted by atomic mass is 9.42. The number of hydrogen-bond acceptors (Lipinski definition) is 4. The minimum Gasteiger partial charge on any atom is -0.462 e. The number of halogens is 1. The Balaban J connectivity index is 1.59. The summed E-state index contributed by atoms with van der Waals surface area (Å²) in [6, 6.07) is 0. The Bertz CT molecular complexity index is 827. The van der Waals surface area contributed by atoms with Gasteiger partial charge < -0.3 is 9.47 Å². The lowest BCUT2D eigenvalue weighted by Crippen LogP contribution is -2.67. The van der Waals surface area contributed by atoms with Gasteiger partial charge in [0.2, 0.25) is 0 Å². The highest BCUT2D eigenvalue weighted by Gasteiger charge is 2.70. The van der Waals surface area contributed by atoms with Crippen LogP contribution >= 0.6 is 0 Å². The van der Waals surface area contributed by atoms with Gasteiger partial charge in [0.25, 0.3) is 0 Å². The molecule has 0 heterocycles. The molecule has 0 aliphatic heterocycles. The van der Waals surface area contributed by atoms with Gasteiger partial charge in [-0.3, -0.25) is 9.59 Å². The molecule has 0 unspecified atom stereocenters. The summed E-state index contributed by atoms with van der Waals surface area (Å²) in [6.07, 6.45) is 9.56. The summed E-state index contributed by atoms with van der Waals surface area (Å²) in [5.41, 5.74) is -1.93. The van der Waals surface area contributed by atoms with Crippen LogP contribution in [0.15, 0.2) is 0 Å². The zero-order valence-electron chi connectivity index (χ0n) is 23.9. The van der Waals surface area contributed by atoms with Gasteiger partial charge in [0.1, 0.15) is 12.2 Å². The third kappa shape index (κ3) is 4.75. The minimum absolute atomic E-state index is 0.141. The van der Waals surface area contributed by atoms with Gasteiger partial charge in [-0.2, -0.15) is 0 Å². The highest BCUT2D eigenvalue weighted by molar-refractivity contribution is 5.66. The average Bonchev–Trinajstić information content (AvgIpc) is 3.12. The molecule has 0 amide bonds. The van der Waals surface area contributed by atoms with Crippen molar-refractivity contribution in [3.05, 3.63) is 0 Å². The molecule has 0 radical (unpaired) electrons. The van der Waals surface area contributed by atoms with E-state index in [2.05, 4.69) is 34.6 Å². The Labute approximate surface area is 218 Å². The Hall–Kier alpha value is -1.13. The molecule has 0 saturated heterocycles. The van der Waals surface area contributed by atoms with E-state index in [0.29, 0.717) is 42.4 Å². The highest BCUT2D eigenvalue weighted by Crippen LogP contribution is 2.70. The summed E-state index contributed by atoms with van der Waals surface area (Å²) >= 11 is 0. The second-order valence-electron chi connectivity index (χ2n) is 14.0. The molecule has 4 fully saturated rings. The van der Waals surface area contributed by atoms with Crippen LogP contribution in [0, 0.1) is 46.3 Å². The summed E-state index contributed by atoms with van der Waals surface area (Å²) in [6.45, 7) is 14.5. The smallest absolute Gasteiger partial charge is 0.303 e. The van der Waals surface area contributed by atoms with Gasteiger partial charge in [0, 0.05) is 25.7 Å². The first kappa shape index (κ1) is 27.9. The van der Waals surface area contributed by atoms with Gasteiger partial charge >= 0.3 is 11.9 Å². The fourth-order valence-electron chi connectivity index (χ4n) is 9.87. The van der Waals surface area contributed by atoms with Crippen molar-refractivity contribution in [2.75, 3.05) is 0 Å². The van der Waals surface area contributed by atoms with E-state index < -0.39 is 29.3 Å². The standard InChI is InChI=1S/C31H51FO4/c1-19(2)9-8-10-20(3)25-11-12-26-24-17-28(36-22(5)34)31(32)18-23(35-21(4)33)13-16-30(31,7)27(24)14-15-29(25,26)6/h19-20,23-28H,8-18H2,1-7H3/t20-,23-,24+,25-,26-,27-,28+,29+,30-,31+/m1/s1.